The molecule has 10 heteroatoms. The Bertz CT molecular complexity index is 859. The Balaban J connectivity index is 1.37. The first-order chi connectivity index (χ1) is 13.6. The number of benzene rings is 1. The average Bonchev–Trinajstić information content (AvgIpc) is 3.13. The molecule has 4 aliphatic heterocycles. The summed E-state index contributed by atoms with van der Waals surface area (Å²) in [6.45, 7) is 0.497. The van der Waals surface area contributed by atoms with Gasteiger partial charge in [0.2, 0.25) is 5.96 Å². The number of aliphatic hydroxyl groups excluding tert-OH is 1. The highest BCUT2D eigenvalue weighted by Gasteiger charge is 2.49. The van der Waals surface area contributed by atoms with Crippen LogP contribution in [-0.4, -0.2) is 77.7 Å². The van der Waals surface area contributed by atoms with Crippen molar-refractivity contribution >= 4 is 24.0 Å². The van der Waals surface area contributed by atoms with E-state index in [0.717, 1.165) is 5.56 Å². The second kappa shape index (κ2) is 6.74. The highest BCUT2D eigenvalue weighted by atomic mass is 16.7. The van der Waals surface area contributed by atoms with Crippen LogP contribution in [0.2, 0.25) is 0 Å². The fraction of sp³-hybridized carbons (Fsp3) is 0.444. The number of aliphatic hydroxyl groups is 1. The highest BCUT2D eigenvalue weighted by Crippen LogP contribution is 2.34. The van der Waals surface area contributed by atoms with Crippen LogP contribution >= 0.6 is 0 Å². The van der Waals surface area contributed by atoms with Gasteiger partial charge in [-0.1, -0.05) is 30.3 Å². The van der Waals surface area contributed by atoms with Crippen LogP contribution in [0, 0.1) is 5.41 Å². The van der Waals surface area contributed by atoms with E-state index in [4.69, 9.17) is 19.6 Å². The molecule has 1 aromatic rings. The van der Waals surface area contributed by atoms with Crippen LogP contribution in [0.5, 0.6) is 0 Å². The number of amides is 1. The van der Waals surface area contributed by atoms with Crippen molar-refractivity contribution in [3.63, 3.8) is 0 Å². The Morgan fingerprint density at radius 3 is 2.86 bits per heavy atom. The van der Waals surface area contributed by atoms with Crippen LogP contribution in [0.3, 0.4) is 0 Å². The predicted molar refractivity (Wildman–Crippen MR) is 97.0 cm³/mol. The molecule has 2 saturated heterocycles. The Hall–Kier alpha value is -2.66. The molecule has 3 N–H and O–H groups in total. The first-order valence-electron chi connectivity index (χ1n) is 9.03. The summed E-state index contributed by atoms with van der Waals surface area (Å²) < 4.78 is 17.7. The van der Waals surface area contributed by atoms with Crippen molar-refractivity contribution in [2.24, 2.45) is 9.98 Å². The number of guanidine groups is 1. The van der Waals surface area contributed by atoms with Crippen molar-refractivity contribution < 1.29 is 24.1 Å². The van der Waals surface area contributed by atoms with E-state index >= 15 is 0 Å². The number of amidine groups is 1. The molecule has 4 heterocycles. The third kappa shape index (κ3) is 2.81. The van der Waals surface area contributed by atoms with Crippen LogP contribution in [0.25, 0.3) is 0 Å². The fourth-order valence-corrected chi connectivity index (χ4v) is 3.85. The maximum absolute atomic E-state index is 12.0. The molecule has 1 aromatic carbocycles. The molecule has 0 bridgehead atoms. The molecule has 2 fully saturated rings. The second-order valence-electron chi connectivity index (χ2n) is 6.99. The van der Waals surface area contributed by atoms with Gasteiger partial charge in [0.15, 0.2) is 12.3 Å². The van der Waals surface area contributed by atoms with Gasteiger partial charge < -0.3 is 24.2 Å². The van der Waals surface area contributed by atoms with Crippen molar-refractivity contribution in [2.45, 2.75) is 36.7 Å². The lowest BCUT2D eigenvalue weighted by molar-refractivity contribution is -0.305. The monoisotopic (exact) mass is 385 g/mol. The van der Waals surface area contributed by atoms with Gasteiger partial charge in [0, 0.05) is 5.56 Å². The first-order valence-corrected chi connectivity index (χ1v) is 9.03. The molecule has 0 saturated carbocycles. The Labute approximate surface area is 160 Å². The summed E-state index contributed by atoms with van der Waals surface area (Å²) >= 11 is 0. The quantitative estimate of drug-likeness (QED) is 0.624. The van der Waals surface area contributed by atoms with Crippen LogP contribution in [-0.2, 0) is 19.0 Å². The number of rotatable bonds is 2. The zero-order valence-corrected chi connectivity index (χ0v) is 14.8. The van der Waals surface area contributed by atoms with E-state index in [1.807, 2.05) is 30.3 Å². The summed E-state index contributed by atoms with van der Waals surface area (Å²) in [4.78, 5) is 21.9. The van der Waals surface area contributed by atoms with Gasteiger partial charge in [-0.15, -0.1) is 0 Å². The number of aliphatic imine (C=N–C) groups is 2. The summed E-state index contributed by atoms with van der Waals surface area (Å²) in [6, 6.07) is 8.15. The fourth-order valence-electron chi connectivity index (χ4n) is 3.85. The van der Waals surface area contributed by atoms with Gasteiger partial charge in [-0.3, -0.25) is 20.5 Å². The smallest absolute Gasteiger partial charge is 0.259 e. The molecular weight excluding hydrogens is 366 g/mol. The highest BCUT2D eigenvalue weighted by molar-refractivity contribution is 6.23. The van der Waals surface area contributed by atoms with Gasteiger partial charge in [0.1, 0.15) is 24.1 Å². The molecule has 6 unspecified atom stereocenters. The van der Waals surface area contributed by atoms with Gasteiger partial charge in [0.25, 0.3) is 5.91 Å². The lowest BCUT2D eigenvalue weighted by Crippen LogP contribution is -2.64. The number of carbonyl (C=O) groups excluding carboxylic acids is 1. The largest absolute Gasteiger partial charge is 0.388 e. The Morgan fingerprint density at radius 1 is 1.21 bits per heavy atom. The van der Waals surface area contributed by atoms with E-state index in [1.54, 1.807) is 4.90 Å². The van der Waals surface area contributed by atoms with E-state index in [2.05, 4.69) is 15.3 Å². The Morgan fingerprint density at radius 2 is 2.04 bits per heavy atom. The molecule has 0 spiro atoms. The van der Waals surface area contributed by atoms with Crippen molar-refractivity contribution in [3.8, 4) is 0 Å². The third-order valence-electron chi connectivity index (χ3n) is 5.27. The summed E-state index contributed by atoms with van der Waals surface area (Å²) in [5.41, 5.74) is 0.861. The maximum atomic E-state index is 12.0. The average molecular weight is 385 g/mol. The molecule has 5 rings (SSSR count). The zero-order chi connectivity index (χ0) is 19.3. The summed E-state index contributed by atoms with van der Waals surface area (Å²) in [6.07, 6.45) is -1.04. The molecular formula is C18H19N5O5. The van der Waals surface area contributed by atoms with E-state index in [-0.39, 0.29) is 12.6 Å². The number of nitrogens with one attached hydrogen (secondary N) is 2. The Kier molecular flexibility index (Phi) is 4.20. The topological polar surface area (TPSA) is 129 Å². The number of ether oxygens (including phenoxy) is 3. The van der Waals surface area contributed by atoms with Crippen LogP contribution in [0.1, 0.15) is 11.9 Å². The van der Waals surface area contributed by atoms with Gasteiger partial charge in [-0.05, 0) is 0 Å². The predicted octanol–water partition coefficient (Wildman–Crippen LogP) is -0.596. The molecule has 0 aromatic heterocycles. The standard InChI is InChI=1S/C18H19N5O5/c19-18-21-15-12(16(25)22-18)20-8-23(15)10-6-26-11-7-27-17(28-14(11)13(10)24)9-4-2-1-3-5-9/h1-5,8,10-14,17,24H,6-7H2,(H2,19,22,25). The molecule has 6 atom stereocenters. The van der Waals surface area contributed by atoms with Gasteiger partial charge in [-0.25, -0.2) is 0 Å². The van der Waals surface area contributed by atoms with Crippen LogP contribution in [0.4, 0.5) is 0 Å². The number of hydrogen-bond acceptors (Lipinski definition) is 8. The number of hydrogen-bond donors (Lipinski definition) is 3. The summed E-state index contributed by atoms with van der Waals surface area (Å²) in [5.74, 6) is -0.349. The normalized spacial score (nSPS) is 37.2. The van der Waals surface area contributed by atoms with Crippen molar-refractivity contribution in [2.75, 3.05) is 13.2 Å². The molecule has 146 valence electrons. The van der Waals surface area contributed by atoms with Gasteiger partial charge in [0.05, 0.1) is 25.6 Å². The second-order valence-corrected chi connectivity index (χ2v) is 6.99. The number of nitrogens with zero attached hydrogens (tertiary/aromatic N) is 3. The lowest BCUT2D eigenvalue weighted by Gasteiger charge is -2.46. The van der Waals surface area contributed by atoms with E-state index < -0.39 is 42.6 Å². The van der Waals surface area contributed by atoms with Crippen LogP contribution in [0.15, 0.2) is 40.3 Å². The number of carbonyl (C=O) groups is 1. The molecule has 0 aliphatic carbocycles. The lowest BCUT2D eigenvalue weighted by atomic mass is 9.95. The molecule has 1 amide bonds. The zero-order valence-electron chi connectivity index (χ0n) is 14.8. The third-order valence-corrected chi connectivity index (χ3v) is 5.27. The summed E-state index contributed by atoms with van der Waals surface area (Å²) in [5, 5.41) is 21.0. The minimum atomic E-state index is -0.916. The number of fused-ring (bicyclic) bond motifs is 2. The van der Waals surface area contributed by atoms with Crippen LogP contribution < -0.4 is 5.32 Å². The van der Waals surface area contributed by atoms with E-state index in [9.17, 15) is 9.90 Å². The molecule has 28 heavy (non-hydrogen) atoms. The SMILES string of the molecule is N=C1N=C2C(N=CN2C2COC3COC(c4ccccc4)OC3C2O)C(=O)N1. The van der Waals surface area contributed by atoms with E-state index in [1.165, 1.54) is 6.34 Å². The van der Waals surface area contributed by atoms with Gasteiger partial charge in [-0.2, -0.15) is 4.99 Å². The van der Waals surface area contributed by atoms with Crippen molar-refractivity contribution in [3.05, 3.63) is 35.9 Å². The minimum Gasteiger partial charge on any atom is -0.388 e. The van der Waals surface area contributed by atoms with Crippen molar-refractivity contribution in [1.29, 1.82) is 5.41 Å². The van der Waals surface area contributed by atoms with E-state index in [0.29, 0.717) is 12.4 Å². The molecule has 10 nitrogen and oxygen atoms in total. The first kappa shape index (κ1) is 17.4. The minimum absolute atomic E-state index is 0.192. The molecule has 0 radical (unpaired) electrons. The van der Waals surface area contributed by atoms with Crippen molar-refractivity contribution in [1.82, 2.24) is 10.2 Å². The maximum Gasteiger partial charge on any atom is 0.259 e. The summed E-state index contributed by atoms with van der Waals surface area (Å²) in [7, 11) is 0. The molecule has 4 aliphatic rings. The van der Waals surface area contributed by atoms with Gasteiger partial charge >= 0.3 is 0 Å².